The van der Waals surface area contributed by atoms with Crippen LogP contribution in [0.3, 0.4) is 0 Å². The molecule has 1 aromatic carbocycles. The molecule has 2 heterocycles. The summed E-state index contributed by atoms with van der Waals surface area (Å²) < 4.78 is 37.8. The third-order valence-corrected chi connectivity index (χ3v) is 5.96. The molecule has 1 aliphatic rings. The van der Waals surface area contributed by atoms with Gasteiger partial charge in [0, 0.05) is 24.3 Å². The smallest absolute Gasteiger partial charge is 0.151 e. The summed E-state index contributed by atoms with van der Waals surface area (Å²) in [6.07, 6.45) is 4.44. The van der Waals surface area contributed by atoms with Crippen molar-refractivity contribution in [2.75, 3.05) is 18.6 Å². The highest BCUT2D eigenvalue weighted by atomic mass is 32.2. The number of nitrogens with zero attached hydrogens (tertiary/aromatic N) is 3. The Hall–Kier alpha value is -1.73. The second-order valence-electron chi connectivity index (χ2n) is 6.14. The number of sulfone groups is 1. The molecule has 0 aliphatic carbocycles. The topological polar surface area (TPSA) is 55.2 Å². The lowest BCUT2D eigenvalue weighted by atomic mass is 10.2. The lowest BCUT2D eigenvalue weighted by molar-refractivity contribution is 0.254. The highest BCUT2D eigenvalue weighted by Crippen LogP contribution is 2.18. The van der Waals surface area contributed by atoms with Crippen LogP contribution in [0.4, 0.5) is 4.39 Å². The van der Waals surface area contributed by atoms with Gasteiger partial charge in [-0.1, -0.05) is 12.1 Å². The zero-order valence-corrected chi connectivity index (χ0v) is 13.8. The molecule has 1 aliphatic heterocycles. The van der Waals surface area contributed by atoms with E-state index in [1.807, 2.05) is 17.9 Å². The highest BCUT2D eigenvalue weighted by Gasteiger charge is 2.30. The normalized spacial score (nSPS) is 20.2. The van der Waals surface area contributed by atoms with E-state index >= 15 is 0 Å². The van der Waals surface area contributed by atoms with Crippen molar-refractivity contribution in [2.45, 2.75) is 25.6 Å². The van der Waals surface area contributed by atoms with Crippen LogP contribution in [-0.2, 0) is 22.9 Å². The van der Waals surface area contributed by atoms with Gasteiger partial charge in [-0.15, -0.1) is 0 Å². The Labute approximate surface area is 135 Å². The fourth-order valence-electron chi connectivity index (χ4n) is 2.89. The number of hydrogen-bond acceptors (Lipinski definition) is 4. The van der Waals surface area contributed by atoms with Crippen molar-refractivity contribution in [3.63, 3.8) is 0 Å². The molecule has 0 radical (unpaired) electrons. The summed E-state index contributed by atoms with van der Waals surface area (Å²) >= 11 is 0. The molecule has 0 spiro atoms. The second kappa shape index (κ2) is 6.41. The molecule has 1 saturated heterocycles. The molecule has 1 unspecified atom stereocenters. The average molecular weight is 337 g/mol. The highest BCUT2D eigenvalue weighted by molar-refractivity contribution is 7.91. The third kappa shape index (κ3) is 4.17. The first-order valence-electron chi connectivity index (χ1n) is 7.58. The number of halogens is 1. The summed E-state index contributed by atoms with van der Waals surface area (Å²) in [6.45, 7) is 1.26. The van der Waals surface area contributed by atoms with Gasteiger partial charge in [0.2, 0.25) is 0 Å². The van der Waals surface area contributed by atoms with E-state index in [1.54, 1.807) is 18.3 Å². The minimum atomic E-state index is -2.86. The number of aromatic nitrogens is 2. The molecule has 0 amide bonds. The minimum absolute atomic E-state index is 0.0837. The SMILES string of the molecule is CN(Cc1cnn(Cc2ccc(F)cc2)c1)C1CCS(=O)(=O)C1. The summed E-state index contributed by atoms with van der Waals surface area (Å²) in [7, 11) is -0.918. The van der Waals surface area contributed by atoms with E-state index in [9.17, 15) is 12.8 Å². The van der Waals surface area contributed by atoms with Crippen LogP contribution in [0.5, 0.6) is 0 Å². The summed E-state index contributed by atoms with van der Waals surface area (Å²) in [5, 5.41) is 4.32. The monoisotopic (exact) mass is 337 g/mol. The Kier molecular flexibility index (Phi) is 4.50. The summed E-state index contributed by atoms with van der Waals surface area (Å²) in [5.41, 5.74) is 2.02. The maximum Gasteiger partial charge on any atom is 0.151 e. The van der Waals surface area contributed by atoms with Crippen LogP contribution < -0.4 is 0 Å². The predicted molar refractivity (Wildman–Crippen MR) is 86.3 cm³/mol. The Bertz CT molecular complexity index is 771. The van der Waals surface area contributed by atoms with Crippen LogP contribution in [0.15, 0.2) is 36.7 Å². The van der Waals surface area contributed by atoms with Gasteiger partial charge in [-0.25, -0.2) is 12.8 Å². The van der Waals surface area contributed by atoms with Crippen LogP contribution in [0.2, 0.25) is 0 Å². The van der Waals surface area contributed by atoms with Gasteiger partial charge in [0.1, 0.15) is 5.82 Å². The minimum Gasteiger partial charge on any atom is -0.298 e. The Morgan fingerprint density at radius 1 is 1.30 bits per heavy atom. The van der Waals surface area contributed by atoms with Crippen molar-refractivity contribution in [3.05, 3.63) is 53.6 Å². The Morgan fingerprint density at radius 3 is 2.70 bits per heavy atom. The molecule has 124 valence electrons. The zero-order valence-electron chi connectivity index (χ0n) is 13.0. The van der Waals surface area contributed by atoms with E-state index in [1.165, 1.54) is 12.1 Å². The van der Waals surface area contributed by atoms with Gasteiger partial charge in [0.05, 0.1) is 24.2 Å². The lowest BCUT2D eigenvalue weighted by Gasteiger charge is -2.22. The Balaban J connectivity index is 1.60. The summed E-state index contributed by atoms with van der Waals surface area (Å²) in [5.74, 6) is 0.280. The molecule has 0 saturated carbocycles. The molecule has 1 atom stereocenters. The molecule has 1 aromatic heterocycles. The number of rotatable bonds is 5. The number of hydrogen-bond donors (Lipinski definition) is 0. The van der Waals surface area contributed by atoms with E-state index < -0.39 is 9.84 Å². The zero-order chi connectivity index (χ0) is 16.4. The standard InChI is InChI=1S/C16H20FN3O2S/c1-19(16-6-7-23(21,22)12-16)9-14-8-18-20(11-14)10-13-2-4-15(17)5-3-13/h2-5,8,11,16H,6-7,9-10,12H2,1H3. The van der Waals surface area contributed by atoms with E-state index in [4.69, 9.17) is 0 Å². The molecule has 3 rings (SSSR count). The van der Waals surface area contributed by atoms with Gasteiger partial charge >= 0.3 is 0 Å². The van der Waals surface area contributed by atoms with Gasteiger partial charge in [0.15, 0.2) is 9.84 Å². The molecule has 23 heavy (non-hydrogen) atoms. The van der Waals surface area contributed by atoms with Gasteiger partial charge in [-0.3, -0.25) is 9.58 Å². The molecule has 7 heteroatoms. The summed E-state index contributed by atoms with van der Waals surface area (Å²) in [6, 6.07) is 6.45. The number of benzene rings is 1. The van der Waals surface area contributed by atoms with Crippen molar-refractivity contribution in [1.82, 2.24) is 14.7 Å². The first kappa shape index (κ1) is 16.1. The van der Waals surface area contributed by atoms with Crippen LogP contribution in [-0.4, -0.2) is 47.7 Å². The fourth-order valence-corrected chi connectivity index (χ4v) is 4.70. The summed E-state index contributed by atoms with van der Waals surface area (Å²) in [4.78, 5) is 2.07. The predicted octanol–water partition coefficient (Wildman–Crippen LogP) is 1.69. The van der Waals surface area contributed by atoms with Gasteiger partial charge in [-0.05, 0) is 31.2 Å². The Morgan fingerprint density at radius 2 is 2.04 bits per heavy atom. The molecule has 2 aromatic rings. The first-order valence-corrected chi connectivity index (χ1v) is 9.40. The lowest BCUT2D eigenvalue weighted by Crippen LogP contribution is -2.31. The molecule has 0 N–H and O–H groups in total. The van der Waals surface area contributed by atoms with Crippen LogP contribution >= 0.6 is 0 Å². The second-order valence-corrected chi connectivity index (χ2v) is 8.37. The van der Waals surface area contributed by atoms with E-state index in [0.717, 1.165) is 11.1 Å². The third-order valence-electron chi connectivity index (χ3n) is 4.21. The molecule has 0 bridgehead atoms. The van der Waals surface area contributed by atoms with Crippen molar-refractivity contribution in [2.24, 2.45) is 0 Å². The molecule has 1 fully saturated rings. The maximum absolute atomic E-state index is 12.9. The fraction of sp³-hybridized carbons (Fsp3) is 0.438. The van der Waals surface area contributed by atoms with Crippen molar-refractivity contribution >= 4 is 9.84 Å². The van der Waals surface area contributed by atoms with Crippen LogP contribution in [0, 0.1) is 5.82 Å². The average Bonchev–Trinajstić information content (AvgIpc) is 3.08. The van der Waals surface area contributed by atoms with Crippen molar-refractivity contribution in [1.29, 1.82) is 0 Å². The largest absolute Gasteiger partial charge is 0.298 e. The van der Waals surface area contributed by atoms with Crippen LogP contribution in [0.1, 0.15) is 17.5 Å². The molecular weight excluding hydrogens is 317 g/mol. The van der Waals surface area contributed by atoms with E-state index in [-0.39, 0.29) is 23.4 Å². The van der Waals surface area contributed by atoms with E-state index in [2.05, 4.69) is 10.00 Å². The maximum atomic E-state index is 12.9. The van der Waals surface area contributed by atoms with Gasteiger partial charge in [0.25, 0.3) is 0 Å². The molecular formula is C16H20FN3O2S. The first-order chi connectivity index (χ1) is 10.9. The van der Waals surface area contributed by atoms with E-state index in [0.29, 0.717) is 19.5 Å². The van der Waals surface area contributed by atoms with Crippen molar-refractivity contribution < 1.29 is 12.8 Å². The van der Waals surface area contributed by atoms with Crippen LogP contribution in [0.25, 0.3) is 0 Å². The molecule has 5 nitrogen and oxygen atoms in total. The van der Waals surface area contributed by atoms with Crippen molar-refractivity contribution in [3.8, 4) is 0 Å². The van der Waals surface area contributed by atoms with Gasteiger partial charge < -0.3 is 0 Å². The quantitative estimate of drug-likeness (QED) is 0.833. The van der Waals surface area contributed by atoms with Gasteiger partial charge in [-0.2, -0.15) is 5.10 Å².